The van der Waals surface area contributed by atoms with Crippen LogP contribution in [0.3, 0.4) is 0 Å². The van der Waals surface area contributed by atoms with Crippen LogP contribution in [0.15, 0.2) is 53.5 Å². The van der Waals surface area contributed by atoms with E-state index in [2.05, 4.69) is 39.6 Å². The Morgan fingerprint density at radius 3 is 2.79 bits per heavy atom. The number of aliphatic hydroxyl groups excluding tert-OH is 1. The van der Waals surface area contributed by atoms with E-state index >= 15 is 0 Å². The molecule has 2 aliphatic rings. The third-order valence-corrected chi connectivity index (χ3v) is 5.86. The number of benzene rings is 2. The Balaban J connectivity index is 1.27. The van der Waals surface area contributed by atoms with Crippen molar-refractivity contribution in [3.63, 3.8) is 0 Å². The summed E-state index contributed by atoms with van der Waals surface area (Å²) in [4.78, 5) is 15.1. The highest BCUT2D eigenvalue weighted by molar-refractivity contribution is 5.84. The van der Waals surface area contributed by atoms with Crippen LogP contribution in [0.1, 0.15) is 24.0 Å². The number of hydrogen-bond acceptors (Lipinski definition) is 5. The number of nitrogens with one attached hydrogen (secondary N) is 1. The van der Waals surface area contributed by atoms with Gasteiger partial charge >= 0.3 is 0 Å². The number of hydrogen-bond donors (Lipinski definition) is 2. The van der Waals surface area contributed by atoms with Crippen molar-refractivity contribution in [2.24, 2.45) is 0 Å². The van der Waals surface area contributed by atoms with E-state index in [4.69, 9.17) is 0 Å². The molecule has 2 heterocycles. The van der Waals surface area contributed by atoms with Crippen LogP contribution in [0.4, 0.5) is 5.69 Å². The van der Waals surface area contributed by atoms with E-state index in [9.17, 15) is 9.90 Å². The van der Waals surface area contributed by atoms with Crippen molar-refractivity contribution < 1.29 is 5.11 Å². The molecule has 6 nitrogen and oxygen atoms in total. The molecule has 150 valence electrons. The monoisotopic (exact) mass is 390 g/mol. The molecule has 29 heavy (non-hydrogen) atoms. The molecule has 0 unspecified atom stereocenters. The van der Waals surface area contributed by atoms with Gasteiger partial charge in [-0.15, -0.1) is 0 Å². The second kappa shape index (κ2) is 7.61. The van der Waals surface area contributed by atoms with Gasteiger partial charge in [0, 0.05) is 36.7 Å². The van der Waals surface area contributed by atoms with E-state index < -0.39 is 6.10 Å². The fraction of sp³-hybridized carbons (Fsp3) is 0.391. The highest BCUT2D eigenvalue weighted by Gasteiger charge is 2.21. The fourth-order valence-corrected chi connectivity index (χ4v) is 4.14. The minimum absolute atomic E-state index is 0.150. The predicted molar refractivity (Wildman–Crippen MR) is 114 cm³/mol. The summed E-state index contributed by atoms with van der Waals surface area (Å²) in [5.41, 5.74) is 3.59. The maximum Gasteiger partial charge on any atom is 0.274 e. The van der Waals surface area contributed by atoms with Crippen LogP contribution in [0.25, 0.3) is 10.8 Å². The van der Waals surface area contributed by atoms with E-state index in [0.29, 0.717) is 18.0 Å². The number of aliphatic hydroxyl groups is 1. The second-order valence-corrected chi connectivity index (χ2v) is 8.26. The molecule has 0 bridgehead atoms. The summed E-state index contributed by atoms with van der Waals surface area (Å²) in [6.07, 6.45) is 4.49. The molecule has 1 fully saturated rings. The number of β-amino-alcohol motifs (C(OH)–C–C–N with tert-alkyl or cyclic N) is 1. The number of fused-ring (bicyclic) bond motifs is 2. The molecule has 1 aliphatic heterocycles. The van der Waals surface area contributed by atoms with Crippen LogP contribution in [0, 0.1) is 0 Å². The first kappa shape index (κ1) is 18.3. The minimum Gasteiger partial charge on any atom is -0.390 e. The zero-order chi connectivity index (χ0) is 19.8. The van der Waals surface area contributed by atoms with E-state index in [1.807, 2.05) is 18.2 Å². The van der Waals surface area contributed by atoms with Gasteiger partial charge in [-0.05, 0) is 48.6 Å². The first-order valence-electron chi connectivity index (χ1n) is 10.4. The molecular formula is C23H26N4O2. The second-order valence-electron chi connectivity index (χ2n) is 8.26. The molecule has 5 rings (SSSR count). The van der Waals surface area contributed by atoms with Crippen molar-refractivity contribution in [3.8, 4) is 0 Å². The summed E-state index contributed by atoms with van der Waals surface area (Å²) in [5, 5.41) is 19.8. The lowest BCUT2D eigenvalue weighted by Crippen LogP contribution is -2.40. The van der Waals surface area contributed by atoms with Crippen LogP contribution in [0.5, 0.6) is 0 Å². The average Bonchev–Trinajstić information content (AvgIpc) is 3.54. The molecule has 0 saturated heterocycles. The van der Waals surface area contributed by atoms with Crippen molar-refractivity contribution in [1.82, 2.24) is 14.7 Å². The Morgan fingerprint density at radius 1 is 1.14 bits per heavy atom. The van der Waals surface area contributed by atoms with Crippen molar-refractivity contribution in [2.75, 3.05) is 18.4 Å². The normalized spacial score (nSPS) is 17.8. The van der Waals surface area contributed by atoms with E-state index in [1.54, 1.807) is 6.20 Å². The van der Waals surface area contributed by atoms with Gasteiger partial charge in [0.2, 0.25) is 0 Å². The van der Waals surface area contributed by atoms with Gasteiger partial charge in [-0.1, -0.05) is 24.3 Å². The van der Waals surface area contributed by atoms with Gasteiger partial charge in [0.05, 0.1) is 24.2 Å². The quantitative estimate of drug-likeness (QED) is 0.676. The predicted octanol–water partition coefficient (Wildman–Crippen LogP) is 2.39. The first-order chi connectivity index (χ1) is 14.2. The Hall–Kier alpha value is -2.70. The molecule has 6 heteroatoms. The standard InChI is InChI=1S/C23H26N4O2/c28-21(14-26-10-9-16-3-1-2-4-17(16)13-26)15-27-23(29)22-8-7-20(25-19-5-6-19)11-18(22)12-24-27/h1-4,7-8,11-12,19,21,25,28H,5-6,9-10,13-15H2/t21-/m1/s1. The minimum atomic E-state index is -0.640. The molecule has 0 spiro atoms. The van der Waals surface area contributed by atoms with Crippen molar-refractivity contribution in [2.45, 2.75) is 44.5 Å². The summed E-state index contributed by atoms with van der Waals surface area (Å²) >= 11 is 0. The van der Waals surface area contributed by atoms with Crippen molar-refractivity contribution in [1.29, 1.82) is 0 Å². The Labute approximate surface area is 169 Å². The SMILES string of the molecule is O=c1c2ccc(NC3CC3)cc2cnn1C[C@H](O)CN1CCc2ccccc2C1. The van der Waals surface area contributed by atoms with Crippen LogP contribution >= 0.6 is 0 Å². The molecule has 0 radical (unpaired) electrons. The summed E-state index contributed by atoms with van der Waals surface area (Å²) in [6.45, 7) is 2.49. The molecular weight excluding hydrogens is 364 g/mol. The van der Waals surface area contributed by atoms with Crippen LogP contribution in [-0.4, -0.2) is 45.0 Å². The summed E-state index contributed by atoms with van der Waals surface area (Å²) in [6, 6.07) is 14.8. The molecule has 0 amide bonds. The van der Waals surface area contributed by atoms with Gasteiger partial charge in [-0.3, -0.25) is 9.69 Å². The highest BCUT2D eigenvalue weighted by Crippen LogP contribution is 2.26. The lowest BCUT2D eigenvalue weighted by molar-refractivity contribution is 0.0878. The Bertz CT molecular complexity index is 1090. The zero-order valence-corrected chi connectivity index (χ0v) is 16.4. The average molecular weight is 390 g/mol. The molecule has 1 aromatic heterocycles. The van der Waals surface area contributed by atoms with E-state index in [1.165, 1.54) is 28.7 Å². The Kier molecular flexibility index (Phi) is 4.81. The largest absolute Gasteiger partial charge is 0.390 e. The van der Waals surface area contributed by atoms with Crippen LogP contribution in [-0.2, 0) is 19.5 Å². The van der Waals surface area contributed by atoms with Gasteiger partial charge < -0.3 is 10.4 Å². The first-order valence-corrected chi connectivity index (χ1v) is 10.4. The van der Waals surface area contributed by atoms with Gasteiger partial charge in [0.1, 0.15) is 0 Å². The molecule has 2 aromatic carbocycles. The molecule has 2 N–H and O–H groups in total. The zero-order valence-electron chi connectivity index (χ0n) is 16.4. The summed E-state index contributed by atoms with van der Waals surface area (Å²) < 4.78 is 1.39. The van der Waals surface area contributed by atoms with Crippen molar-refractivity contribution >= 4 is 16.5 Å². The Morgan fingerprint density at radius 2 is 1.97 bits per heavy atom. The van der Waals surface area contributed by atoms with Crippen molar-refractivity contribution in [3.05, 3.63) is 70.1 Å². The lowest BCUT2D eigenvalue weighted by Gasteiger charge is -2.30. The maximum atomic E-state index is 12.8. The number of rotatable bonds is 6. The molecule has 3 aromatic rings. The summed E-state index contributed by atoms with van der Waals surface area (Å²) in [5.74, 6) is 0. The molecule has 1 atom stereocenters. The van der Waals surface area contributed by atoms with Gasteiger partial charge in [0.15, 0.2) is 0 Å². The summed E-state index contributed by atoms with van der Waals surface area (Å²) in [7, 11) is 0. The fourth-order valence-electron chi connectivity index (χ4n) is 4.14. The van der Waals surface area contributed by atoms with Gasteiger partial charge in [0.25, 0.3) is 5.56 Å². The highest BCUT2D eigenvalue weighted by atomic mass is 16.3. The number of nitrogens with zero attached hydrogens (tertiary/aromatic N) is 3. The topological polar surface area (TPSA) is 70.4 Å². The third-order valence-electron chi connectivity index (χ3n) is 5.86. The lowest BCUT2D eigenvalue weighted by atomic mass is 10.00. The van der Waals surface area contributed by atoms with E-state index in [0.717, 1.165) is 30.6 Å². The van der Waals surface area contributed by atoms with Gasteiger partial charge in [-0.2, -0.15) is 5.10 Å². The number of anilines is 1. The van der Waals surface area contributed by atoms with E-state index in [-0.39, 0.29) is 12.1 Å². The number of aromatic nitrogens is 2. The third kappa shape index (κ3) is 4.04. The van der Waals surface area contributed by atoms with Gasteiger partial charge in [-0.25, -0.2) is 4.68 Å². The van der Waals surface area contributed by atoms with Crippen LogP contribution < -0.4 is 10.9 Å². The molecule has 1 saturated carbocycles. The van der Waals surface area contributed by atoms with Crippen LogP contribution in [0.2, 0.25) is 0 Å². The smallest absolute Gasteiger partial charge is 0.274 e. The molecule has 1 aliphatic carbocycles. The maximum absolute atomic E-state index is 12.8.